The smallest absolute Gasteiger partial charge is 0.227 e. The van der Waals surface area contributed by atoms with Gasteiger partial charge in [-0.2, -0.15) is 0 Å². The number of amides is 1. The largest absolute Gasteiger partial charge is 0.383 e. The van der Waals surface area contributed by atoms with E-state index in [4.69, 9.17) is 4.74 Å². The maximum Gasteiger partial charge on any atom is 0.227 e. The number of ether oxygens (including phenoxy) is 1. The molecule has 1 N–H and O–H groups in total. The van der Waals surface area contributed by atoms with E-state index in [1.165, 1.54) is 16.7 Å². The molecule has 1 aromatic carbocycles. The number of benzene rings is 1. The quantitative estimate of drug-likeness (QED) is 0.820. The normalized spacial score (nSPS) is 22.1. The molecule has 4 heteroatoms. The summed E-state index contributed by atoms with van der Waals surface area (Å²) in [7, 11) is 1.65. The number of nitrogens with one attached hydrogen (secondary N) is 1. The molecule has 1 fully saturated rings. The van der Waals surface area contributed by atoms with Gasteiger partial charge in [-0.1, -0.05) is 18.2 Å². The summed E-state index contributed by atoms with van der Waals surface area (Å²) in [6.45, 7) is 10.3. The van der Waals surface area contributed by atoms with Crippen LogP contribution >= 0.6 is 0 Å². The van der Waals surface area contributed by atoms with Gasteiger partial charge < -0.3 is 10.1 Å². The molecule has 0 saturated carbocycles. The van der Waals surface area contributed by atoms with Crippen molar-refractivity contribution in [1.29, 1.82) is 0 Å². The van der Waals surface area contributed by atoms with E-state index in [-0.39, 0.29) is 11.3 Å². The molecule has 1 aliphatic heterocycles. The molecule has 0 spiro atoms. The fraction of sp³-hybridized carbons (Fsp3) is 0.632. The molecule has 128 valence electrons. The molecule has 1 saturated heterocycles. The summed E-state index contributed by atoms with van der Waals surface area (Å²) in [4.78, 5) is 14.9. The number of methoxy groups -OCH3 is 1. The first-order valence-electron chi connectivity index (χ1n) is 8.50. The van der Waals surface area contributed by atoms with Crippen molar-refractivity contribution in [2.24, 2.45) is 5.41 Å². The highest BCUT2D eigenvalue weighted by Crippen LogP contribution is 2.30. The topological polar surface area (TPSA) is 41.6 Å². The van der Waals surface area contributed by atoms with Crippen LogP contribution in [0.15, 0.2) is 18.2 Å². The molecule has 0 aliphatic carbocycles. The second-order valence-electron chi connectivity index (χ2n) is 7.04. The Morgan fingerprint density at radius 3 is 2.83 bits per heavy atom. The monoisotopic (exact) mass is 318 g/mol. The summed E-state index contributed by atoms with van der Waals surface area (Å²) in [5.41, 5.74) is 3.69. The maximum atomic E-state index is 12.5. The van der Waals surface area contributed by atoms with E-state index in [2.05, 4.69) is 49.2 Å². The average molecular weight is 318 g/mol. The lowest BCUT2D eigenvalue weighted by atomic mass is 9.80. The predicted octanol–water partition coefficient (Wildman–Crippen LogP) is 2.67. The van der Waals surface area contributed by atoms with Gasteiger partial charge in [0.2, 0.25) is 5.91 Å². The third-order valence-electron chi connectivity index (χ3n) is 4.89. The number of rotatable bonds is 6. The van der Waals surface area contributed by atoms with Crippen LogP contribution in [-0.2, 0) is 16.1 Å². The highest BCUT2D eigenvalue weighted by atomic mass is 16.5. The zero-order valence-electron chi connectivity index (χ0n) is 14.9. The Hall–Kier alpha value is -1.39. The van der Waals surface area contributed by atoms with Crippen LogP contribution in [0.2, 0.25) is 0 Å². The van der Waals surface area contributed by atoms with Crippen molar-refractivity contribution in [3.63, 3.8) is 0 Å². The highest BCUT2D eigenvalue weighted by molar-refractivity contribution is 5.82. The number of hydrogen-bond donors (Lipinski definition) is 1. The number of carbonyl (C=O) groups is 1. The van der Waals surface area contributed by atoms with Gasteiger partial charge in [0.05, 0.1) is 12.0 Å². The highest BCUT2D eigenvalue weighted by Gasteiger charge is 2.37. The zero-order valence-corrected chi connectivity index (χ0v) is 14.9. The minimum atomic E-state index is -0.300. The molecule has 1 atom stereocenters. The predicted molar refractivity (Wildman–Crippen MR) is 93.4 cm³/mol. The van der Waals surface area contributed by atoms with Crippen molar-refractivity contribution in [2.45, 2.75) is 40.2 Å². The van der Waals surface area contributed by atoms with Crippen molar-refractivity contribution in [3.05, 3.63) is 34.9 Å². The van der Waals surface area contributed by atoms with E-state index in [0.29, 0.717) is 13.2 Å². The Labute approximate surface area is 140 Å². The third-order valence-corrected chi connectivity index (χ3v) is 4.89. The van der Waals surface area contributed by atoms with Gasteiger partial charge in [-0.3, -0.25) is 9.69 Å². The first-order valence-corrected chi connectivity index (χ1v) is 8.50. The number of piperidine rings is 1. The summed E-state index contributed by atoms with van der Waals surface area (Å²) in [5.74, 6) is 0.152. The minimum Gasteiger partial charge on any atom is -0.383 e. The Kier molecular flexibility index (Phi) is 6.19. The van der Waals surface area contributed by atoms with E-state index < -0.39 is 0 Å². The van der Waals surface area contributed by atoms with Gasteiger partial charge in [-0.25, -0.2) is 0 Å². The summed E-state index contributed by atoms with van der Waals surface area (Å²) < 4.78 is 5.01. The molecule has 23 heavy (non-hydrogen) atoms. The fourth-order valence-electron chi connectivity index (χ4n) is 3.30. The van der Waals surface area contributed by atoms with Crippen LogP contribution in [0, 0.1) is 19.3 Å². The van der Waals surface area contributed by atoms with Crippen molar-refractivity contribution in [3.8, 4) is 0 Å². The van der Waals surface area contributed by atoms with E-state index in [0.717, 1.165) is 32.5 Å². The second kappa shape index (κ2) is 7.93. The van der Waals surface area contributed by atoms with Gasteiger partial charge in [0.15, 0.2) is 0 Å². The molecule has 2 rings (SSSR count). The molecule has 0 bridgehead atoms. The Morgan fingerprint density at radius 1 is 1.35 bits per heavy atom. The van der Waals surface area contributed by atoms with E-state index in [1.807, 2.05) is 0 Å². The van der Waals surface area contributed by atoms with Gasteiger partial charge in [0.1, 0.15) is 0 Å². The van der Waals surface area contributed by atoms with E-state index >= 15 is 0 Å². The summed E-state index contributed by atoms with van der Waals surface area (Å²) in [6, 6.07) is 6.65. The van der Waals surface area contributed by atoms with Crippen LogP contribution in [0.1, 0.15) is 36.5 Å². The number of hydrogen-bond acceptors (Lipinski definition) is 3. The second-order valence-corrected chi connectivity index (χ2v) is 7.04. The Morgan fingerprint density at radius 2 is 2.13 bits per heavy atom. The van der Waals surface area contributed by atoms with Gasteiger partial charge in [-0.05, 0) is 56.8 Å². The summed E-state index contributed by atoms with van der Waals surface area (Å²) >= 11 is 0. The lowest BCUT2D eigenvalue weighted by molar-refractivity contribution is -0.133. The fourth-order valence-corrected chi connectivity index (χ4v) is 3.30. The number of aryl methyl sites for hydroxylation is 2. The molecule has 1 amide bonds. The standard InChI is InChI=1S/C19H30N2O2/c1-15-6-7-17(12-16(15)2)13-21-10-5-8-19(3,14-21)18(22)20-9-11-23-4/h6-7,12H,5,8-11,13-14H2,1-4H3,(H,20,22). The number of likely N-dealkylation sites (tertiary alicyclic amines) is 1. The Bertz CT molecular complexity index is 544. The van der Waals surface area contributed by atoms with Crippen LogP contribution in [-0.4, -0.2) is 44.2 Å². The lowest BCUT2D eigenvalue weighted by Gasteiger charge is -2.39. The van der Waals surface area contributed by atoms with E-state index in [1.54, 1.807) is 7.11 Å². The molecule has 1 heterocycles. The first kappa shape index (κ1) is 18.0. The van der Waals surface area contributed by atoms with Gasteiger partial charge in [-0.15, -0.1) is 0 Å². The SMILES string of the molecule is COCCNC(=O)C1(C)CCCN(Cc2ccc(C)c(C)c2)C1. The average Bonchev–Trinajstić information content (AvgIpc) is 2.51. The van der Waals surface area contributed by atoms with Crippen LogP contribution in [0.5, 0.6) is 0 Å². The summed E-state index contributed by atoms with van der Waals surface area (Å²) in [5, 5.41) is 3.00. The third kappa shape index (κ3) is 4.79. The molecule has 4 nitrogen and oxygen atoms in total. The molecule has 1 unspecified atom stereocenters. The Balaban J connectivity index is 1.96. The lowest BCUT2D eigenvalue weighted by Crippen LogP contribution is -2.50. The van der Waals surface area contributed by atoms with Crippen LogP contribution in [0.25, 0.3) is 0 Å². The molecule has 0 aromatic heterocycles. The minimum absolute atomic E-state index is 0.152. The first-order chi connectivity index (χ1) is 10.9. The molecule has 1 aliphatic rings. The van der Waals surface area contributed by atoms with Crippen LogP contribution in [0.3, 0.4) is 0 Å². The van der Waals surface area contributed by atoms with Crippen molar-refractivity contribution >= 4 is 5.91 Å². The van der Waals surface area contributed by atoms with Crippen LogP contribution in [0.4, 0.5) is 0 Å². The number of nitrogens with zero attached hydrogens (tertiary/aromatic N) is 1. The summed E-state index contributed by atoms with van der Waals surface area (Å²) in [6.07, 6.45) is 2.02. The van der Waals surface area contributed by atoms with E-state index in [9.17, 15) is 4.79 Å². The van der Waals surface area contributed by atoms with Gasteiger partial charge in [0.25, 0.3) is 0 Å². The molecule has 1 aromatic rings. The van der Waals surface area contributed by atoms with Gasteiger partial charge in [0, 0.05) is 26.7 Å². The molecular weight excluding hydrogens is 288 g/mol. The van der Waals surface area contributed by atoms with Crippen molar-refractivity contribution < 1.29 is 9.53 Å². The zero-order chi connectivity index (χ0) is 16.9. The van der Waals surface area contributed by atoms with Gasteiger partial charge >= 0.3 is 0 Å². The molecule has 0 radical (unpaired) electrons. The van der Waals surface area contributed by atoms with Crippen molar-refractivity contribution in [1.82, 2.24) is 10.2 Å². The number of carbonyl (C=O) groups excluding carboxylic acids is 1. The molecular formula is C19H30N2O2. The van der Waals surface area contributed by atoms with Crippen molar-refractivity contribution in [2.75, 3.05) is 33.4 Å². The maximum absolute atomic E-state index is 12.5. The van der Waals surface area contributed by atoms with Crippen LogP contribution < -0.4 is 5.32 Å².